The fourth-order valence-corrected chi connectivity index (χ4v) is 5.22. The minimum atomic E-state index is 0.114. The predicted molar refractivity (Wildman–Crippen MR) is 136 cm³/mol. The Hall–Kier alpha value is -1.80. The Kier molecular flexibility index (Phi) is 7.35. The van der Waals surface area contributed by atoms with Gasteiger partial charge >= 0.3 is 0 Å². The molecule has 5 rings (SSSR count). The second-order valence-corrected chi connectivity index (χ2v) is 9.99. The molecule has 0 N–H and O–H groups in total. The minimum Gasteiger partial charge on any atom is -0.378 e. The van der Waals surface area contributed by atoms with E-state index >= 15 is 0 Å². The van der Waals surface area contributed by atoms with E-state index in [0.717, 1.165) is 75.4 Å². The van der Waals surface area contributed by atoms with Crippen molar-refractivity contribution in [1.29, 1.82) is 0 Å². The van der Waals surface area contributed by atoms with Gasteiger partial charge in [0.05, 0.1) is 26.4 Å². The summed E-state index contributed by atoms with van der Waals surface area (Å²) < 4.78 is 15.1. The summed E-state index contributed by atoms with van der Waals surface area (Å²) in [5, 5.41) is 0. The van der Waals surface area contributed by atoms with E-state index < -0.39 is 0 Å². The van der Waals surface area contributed by atoms with E-state index in [-0.39, 0.29) is 8.98 Å². The third-order valence-corrected chi connectivity index (χ3v) is 6.97. The largest absolute Gasteiger partial charge is 0.378 e. The Morgan fingerprint density at radius 1 is 0.588 bits per heavy atom. The Morgan fingerprint density at radius 2 is 0.912 bits per heavy atom. The maximum Gasteiger partial charge on any atom is 0.294 e. The van der Waals surface area contributed by atoms with Crippen LogP contribution in [-0.4, -0.2) is 52.6 Å². The van der Waals surface area contributed by atoms with Gasteiger partial charge in [-0.15, -0.1) is 0 Å². The van der Waals surface area contributed by atoms with Gasteiger partial charge in [0, 0.05) is 61.8 Å². The van der Waals surface area contributed by atoms with Gasteiger partial charge in [0.2, 0.25) is 0 Å². The van der Waals surface area contributed by atoms with Crippen molar-refractivity contribution in [3.63, 3.8) is 0 Å². The number of aromatic nitrogens is 2. The molecule has 2 aromatic heterocycles. The lowest BCUT2D eigenvalue weighted by atomic mass is 9.88. The molecule has 2 aromatic rings. The summed E-state index contributed by atoms with van der Waals surface area (Å²) in [4.78, 5) is 4.60. The number of anilines is 2. The summed E-state index contributed by atoms with van der Waals surface area (Å²) in [5.74, 6) is 0. The zero-order chi connectivity index (χ0) is 23.7. The molecule has 0 saturated carbocycles. The second-order valence-electron chi connectivity index (χ2n) is 8.09. The fourth-order valence-electron chi connectivity index (χ4n) is 4.48. The van der Waals surface area contributed by atoms with E-state index in [2.05, 4.69) is 34.1 Å². The van der Waals surface area contributed by atoms with Crippen LogP contribution in [0.25, 0.3) is 11.4 Å². The van der Waals surface area contributed by atoms with Gasteiger partial charge in [-0.2, -0.15) is 9.13 Å². The van der Waals surface area contributed by atoms with Crippen LogP contribution < -0.4 is 18.9 Å². The molecule has 0 aromatic carbocycles. The Balaban J connectivity index is 1.53. The van der Waals surface area contributed by atoms with E-state index in [1.54, 1.807) is 0 Å². The number of morpholine rings is 2. The van der Waals surface area contributed by atoms with Crippen molar-refractivity contribution < 1.29 is 18.6 Å². The van der Waals surface area contributed by atoms with Crippen molar-refractivity contribution in [3.8, 4) is 0 Å². The average molecular weight is 542 g/mol. The lowest BCUT2D eigenvalue weighted by Gasteiger charge is -2.28. The van der Waals surface area contributed by atoms with Crippen molar-refractivity contribution in [2.45, 2.75) is 0 Å². The first-order chi connectivity index (χ1) is 16.5. The molecule has 4 heterocycles. The van der Waals surface area contributed by atoms with E-state index in [4.69, 9.17) is 55.9 Å². The number of halogens is 4. The molecule has 0 atom stereocenters. The van der Waals surface area contributed by atoms with Crippen LogP contribution in [0.1, 0.15) is 0 Å². The van der Waals surface area contributed by atoms with Crippen LogP contribution in [0, 0.1) is 0 Å². The summed E-state index contributed by atoms with van der Waals surface area (Å²) in [5.41, 5.74) is 5.16. The highest BCUT2D eigenvalue weighted by molar-refractivity contribution is 6.60. The zero-order valence-electron chi connectivity index (χ0n) is 18.4. The van der Waals surface area contributed by atoms with Crippen molar-refractivity contribution in [3.05, 3.63) is 69.2 Å². The predicted octanol–water partition coefficient (Wildman–Crippen LogP) is 4.15. The first-order valence-corrected chi connectivity index (χ1v) is 12.6. The maximum absolute atomic E-state index is 6.29. The molecule has 0 spiro atoms. The summed E-state index contributed by atoms with van der Waals surface area (Å²) >= 11 is 25.2. The number of ether oxygens (including phenoxy) is 2. The molecular formula is C24H24Cl4N4O2+2. The van der Waals surface area contributed by atoms with Gasteiger partial charge in [0.1, 0.15) is 20.1 Å². The summed E-state index contributed by atoms with van der Waals surface area (Å²) in [6.07, 6.45) is 7.99. The van der Waals surface area contributed by atoms with Gasteiger partial charge in [-0.1, -0.05) is 46.4 Å². The number of hydrogen-bond donors (Lipinski definition) is 0. The highest BCUT2D eigenvalue weighted by Crippen LogP contribution is 2.47. The number of rotatable bonds is 4. The third kappa shape index (κ3) is 4.68. The topological polar surface area (TPSA) is 32.7 Å². The van der Waals surface area contributed by atoms with Gasteiger partial charge in [0.25, 0.3) is 11.4 Å². The fraction of sp³-hybridized carbons (Fsp3) is 0.333. The molecule has 0 unspecified atom stereocenters. The zero-order valence-corrected chi connectivity index (χ0v) is 21.4. The van der Waals surface area contributed by atoms with Crippen LogP contribution in [0.5, 0.6) is 0 Å². The van der Waals surface area contributed by atoms with Gasteiger partial charge in [0.15, 0.2) is 24.8 Å². The van der Waals surface area contributed by atoms with Crippen LogP contribution in [0.4, 0.5) is 11.4 Å². The van der Waals surface area contributed by atoms with Crippen molar-refractivity contribution in [2.75, 3.05) is 62.4 Å². The molecule has 3 aliphatic rings. The van der Waals surface area contributed by atoms with Crippen LogP contribution in [-0.2, 0) is 9.47 Å². The number of nitrogens with zero attached hydrogens (tertiary/aromatic N) is 4. The number of hydrogen-bond acceptors (Lipinski definition) is 4. The maximum atomic E-state index is 6.29. The Labute approximate surface area is 218 Å². The van der Waals surface area contributed by atoms with Crippen LogP contribution in [0.3, 0.4) is 0 Å². The number of allylic oxidation sites excluding steroid dienone is 4. The SMILES string of the molecule is ClC(Cl)=C1C(=C(Cl)Cl)C([n+]2ccc(N3CCOCC3)cc2)=C1[n+]1ccc(N2CCOCC2)cc1. The van der Waals surface area contributed by atoms with E-state index in [9.17, 15) is 0 Å². The molecule has 2 aliphatic heterocycles. The van der Waals surface area contributed by atoms with Gasteiger partial charge < -0.3 is 19.3 Å². The molecule has 0 radical (unpaired) electrons. The Bertz CT molecular complexity index is 1050. The highest BCUT2D eigenvalue weighted by atomic mass is 35.5. The Morgan fingerprint density at radius 3 is 1.21 bits per heavy atom. The molecule has 2 fully saturated rings. The van der Waals surface area contributed by atoms with Crippen LogP contribution in [0.15, 0.2) is 69.2 Å². The first-order valence-electron chi connectivity index (χ1n) is 11.1. The average Bonchev–Trinajstić information content (AvgIpc) is 2.85. The van der Waals surface area contributed by atoms with Crippen molar-refractivity contribution in [2.24, 2.45) is 0 Å². The highest BCUT2D eigenvalue weighted by Gasteiger charge is 2.48. The van der Waals surface area contributed by atoms with Gasteiger partial charge in [-0.3, -0.25) is 0 Å². The standard InChI is InChI=1S/C24H24Cl4N4O2/c25-23(26)19-20(24(27)28)22(32-7-3-18(4-8-32)30-11-15-34-16-12-30)21(19)31-5-1-17(2-6-31)29-9-13-33-14-10-29/h1-8H,9-16H2/q+2. The molecule has 10 heteroatoms. The van der Waals surface area contributed by atoms with Crippen LogP contribution in [0.2, 0.25) is 0 Å². The van der Waals surface area contributed by atoms with E-state index in [1.165, 1.54) is 0 Å². The molecule has 1 aliphatic carbocycles. The third-order valence-electron chi connectivity index (χ3n) is 6.22. The molecular weight excluding hydrogens is 518 g/mol. The first kappa shape index (κ1) is 23.9. The van der Waals surface area contributed by atoms with Crippen molar-refractivity contribution >= 4 is 69.2 Å². The molecule has 34 heavy (non-hydrogen) atoms. The van der Waals surface area contributed by atoms with Crippen LogP contribution >= 0.6 is 46.4 Å². The summed E-state index contributed by atoms with van der Waals surface area (Å²) in [7, 11) is 0. The second kappa shape index (κ2) is 10.4. The molecule has 178 valence electrons. The van der Waals surface area contributed by atoms with Gasteiger partial charge in [-0.05, 0) is 0 Å². The minimum absolute atomic E-state index is 0.114. The lowest BCUT2D eigenvalue weighted by Crippen LogP contribution is -2.47. The summed E-state index contributed by atoms with van der Waals surface area (Å²) in [6, 6.07) is 8.30. The smallest absolute Gasteiger partial charge is 0.294 e. The normalized spacial score (nSPS) is 18.8. The monoisotopic (exact) mass is 540 g/mol. The number of pyridine rings is 2. The molecule has 2 saturated heterocycles. The molecule has 0 amide bonds. The van der Waals surface area contributed by atoms with E-state index in [0.29, 0.717) is 11.1 Å². The van der Waals surface area contributed by atoms with E-state index in [1.807, 2.05) is 33.9 Å². The molecule has 6 nitrogen and oxygen atoms in total. The van der Waals surface area contributed by atoms with Gasteiger partial charge in [-0.25, -0.2) is 0 Å². The molecule has 0 bridgehead atoms. The lowest BCUT2D eigenvalue weighted by molar-refractivity contribution is -0.611. The quantitative estimate of drug-likeness (QED) is 0.544. The summed E-state index contributed by atoms with van der Waals surface area (Å²) in [6.45, 7) is 6.43. The van der Waals surface area contributed by atoms with Crippen molar-refractivity contribution in [1.82, 2.24) is 0 Å².